The van der Waals surface area contributed by atoms with Crippen molar-refractivity contribution in [2.24, 2.45) is 5.73 Å². The highest BCUT2D eigenvalue weighted by molar-refractivity contribution is 5.86. The number of hydrogen-bond donors (Lipinski definition) is 1. The van der Waals surface area contributed by atoms with Crippen LogP contribution in [-0.2, 0) is 16.0 Å². The average Bonchev–Trinajstić information content (AvgIpc) is 2.81. The third-order valence-electron chi connectivity index (χ3n) is 3.82. The van der Waals surface area contributed by atoms with E-state index in [1.54, 1.807) is 11.8 Å². The molecule has 0 aromatic heterocycles. The zero-order valence-corrected chi connectivity index (χ0v) is 11.2. The van der Waals surface area contributed by atoms with Gasteiger partial charge in [-0.3, -0.25) is 4.79 Å². The van der Waals surface area contributed by atoms with Gasteiger partial charge in [0.25, 0.3) is 0 Å². The number of carbonyl (C=O) groups is 2. The van der Waals surface area contributed by atoms with Gasteiger partial charge >= 0.3 is 0 Å². The molecule has 1 saturated heterocycles. The fourth-order valence-corrected chi connectivity index (χ4v) is 2.63. The van der Waals surface area contributed by atoms with E-state index in [0.29, 0.717) is 13.0 Å². The number of aldehydes is 1. The summed E-state index contributed by atoms with van der Waals surface area (Å²) in [5.74, 6) is -0.129. The van der Waals surface area contributed by atoms with Crippen LogP contribution in [-0.4, -0.2) is 35.2 Å². The summed E-state index contributed by atoms with van der Waals surface area (Å²) >= 11 is 0. The number of benzene rings is 1. The fraction of sp³-hybridized carbons (Fsp3) is 0.467. The number of nitrogens with two attached hydrogens (primary N) is 1. The second kappa shape index (κ2) is 5.53. The van der Waals surface area contributed by atoms with Gasteiger partial charge in [-0.25, -0.2) is 0 Å². The molecule has 0 radical (unpaired) electrons. The van der Waals surface area contributed by atoms with Crippen molar-refractivity contribution in [3.05, 3.63) is 35.9 Å². The number of amides is 1. The number of nitrogens with zero attached hydrogens (tertiary/aromatic N) is 1. The molecule has 0 bridgehead atoms. The van der Waals surface area contributed by atoms with Gasteiger partial charge in [0.1, 0.15) is 6.29 Å². The molecule has 1 aromatic rings. The van der Waals surface area contributed by atoms with Crippen molar-refractivity contribution in [3.8, 4) is 0 Å². The molecule has 0 unspecified atom stereocenters. The van der Waals surface area contributed by atoms with Crippen LogP contribution in [0.25, 0.3) is 0 Å². The van der Waals surface area contributed by atoms with Gasteiger partial charge in [-0.15, -0.1) is 0 Å². The van der Waals surface area contributed by atoms with Gasteiger partial charge in [0.05, 0.1) is 11.6 Å². The minimum atomic E-state index is -0.675. The van der Waals surface area contributed by atoms with E-state index in [0.717, 1.165) is 24.7 Å². The Bertz CT molecular complexity index is 460. The van der Waals surface area contributed by atoms with Crippen LogP contribution in [0.15, 0.2) is 30.3 Å². The molecular formula is C15H20N2O2. The van der Waals surface area contributed by atoms with Gasteiger partial charge in [-0.1, -0.05) is 30.3 Å². The molecule has 1 aliphatic heterocycles. The van der Waals surface area contributed by atoms with E-state index in [9.17, 15) is 9.59 Å². The lowest BCUT2D eigenvalue weighted by Crippen LogP contribution is -2.53. The number of likely N-dealkylation sites (tertiary alicyclic amines) is 1. The first-order valence-corrected chi connectivity index (χ1v) is 6.64. The van der Waals surface area contributed by atoms with E-state index in [2.05, 4.69) is 0 Å². The van der Waals surface area contributed by atoms with Crippen molar-refractivity contribution in [3.63, 3.8) is 0 Å². The van der Waals surface area contributed by atoms with Crippen LogP contribution in [0.4, 0.5) is 0 Å². The molecule has 19 heavy (non-hydrogen) atoms. The van der Waals surface area contributed by atoms with Crippen LogP contribution in [0.5, 0.6) is 0 Å². The van der Waals surface area contributed by atoms with Crippen molar-refractivity contribution < 1.29 is 9.59 Å². The van der Waals surface area contributed by atoms with Crippen molar-refractivity contribution in [1.82, 2.24) is 4.90 Å². The maximum absolute atomic E-state index is 12.4. The summed E-state index contributed by atoms with van der Waals surface area (Å²) in [5.41, 5.74) is 6.36. The monoisotopic (exact) mass is 260 g/mol. The summed E-state index contributed by atoms with van der Waals surface area (Å²) in [6.07, 6.45) is 2.96. The molecular weight excluding hydrogens is 240 g/mol. The Labute approximate surface area is 113 Å². The van der Waals surface area contributed by atoms with Gasteiger partial charge in [-0.05, 0) is 31.7 Å². The van der Waals surface area contributed by atoms with E-state index in [-0.39, 0.29) is 5.91 Å². The van der Waals surface area contributed by atoms with Gasteiger partial charge in [0.2, 0.25) is 5.91 Å². The molecule has 1 fully saturated rings. The standard InChI is InChI=1S/C15H20N2O2/c1-15(11-18)8-5-9-17(15)14(19)13(16)10-12-6-3-2-4-7-12/h2-4,6-7,11,13H,5,8-10,16H2,1H3/t13-,15-/m0/s1. The van der Waals surface area contributed by atoms with Crippen LogP contribution in [0, 0.1) is 0 Å². The van der Waals surface area contributed by atoms with Crippen molar-refractivity contribution in [2.45, 2.75) is 37.8 Å². The summed E-state index contributed by atoms with van der Waals surface area (Å²) in [4.78, 5) is 25.2. The summed E-state index contributed by atoms with van der Waals surface area (Å²) in [6.45, 7) is 2.43. The number of rotatable bonds is 4. The molecule has 2 rings (SSSR count). The fourth-order valence-electron chi connectivity index (χ4n) is 2.63. The van der Waals surface area contributed by atoms with Gasteiger partial charge in [-0.2, -0.15) is 0 Å². The van der Waals surface area contributed by atoms with Gasteiger partial charge in [0.15, 0.2) is 0 Å². The minimum absolute atomic E-state index is 0.129. The molecule has 102 valence electrons. The molecule has 4 nitrogen and oxygen atoms in total. The van der Waals surface area contributed by atoms with E-state index in [1.165, 1.54) is 0 Å². The smallest absolute Gasteiger partial charge is 0.240 e. The van der Waals surface area contributed by atoms with Crippen LogP contribution in [0.3, 0.4) is 0 Å². The van der Waals surface area contributed by atoms with Crippen LogP contribution >= 0.6 is 0 Å². The number of hydrogen-bond acceptors (Lipinski definition) is 3. The molecule has 0 aliphatic carbocycles. The number of carbonyl (C=O) groups excluding carboxylic acids is 2. The molecule has 2 N–H and O–H groups in total. The van der Waals surface area contributed by atoms with E-state index >= 15 is 0 Å². The quantitative estimate of drug-likeness (QED) is 0.826. The van der Waals surface area contributed by atoms with Crippen LogP contribution < -0.4 is 5.73 Å². The second-order valence-corrected chi connectivity index (χ2v) is 5.36. The highest BCUT2D eigenvalue weighted by atomic mass is 16.2. The average molecular weight is 260 g/mol. The SMILES string of the molecule is C[C@@]1(C=O)CCCN1C(=O)[C@@H](N)Cc1ccccc1. The third kappa shape index (κ3) is 2.84. The Morgan fingerprint density at radius 2 is 2.16 bits per heavy atom. The second-order valence-electron chi connectivity index (χ2n) is 5.36. The first kappa shape index (κ1) is 13.7. The first-order valence-electron chi connectivity index (χ1n) is 6.64. The van der Waals surface area contributed by atoms with Crippen LogP contribution in [0.1, 0.15) is 25.3 Å². The predicted molar refractivity (Wildman–Crippen MR) is 73.5 cm³/mol. The molecule has 2 atom stereocenters. The summed E-state index contributed by atoms with van der Waals surface area (Å²) in [6, 6.07) is 9.11. The molecule has 1 aromatic carbocycles. The topological polar surface area (TPSA) is 63.4 Å². The normalized spacial score (nSPS) is 24.2. The minimum Gasteiger partial charge on any atom is -0.329 e. The maximum Gasteiger partial charge on any atom is 0.240 e. The van der Waals surface area contributed by atoms with Crippen molar-refractivity contribution in [1.29, 1.82) is 0 Å². The molecule has 4 heteroatoms. The Hall–Kier alpha value is -1.68. The molecule has 0 saturated carbocycles. The lowest BCUT2D eigenvalue weighted by molar-refractivity contribution is -0.139. The molecule has 1 aliphatic rings. The summed E-state index contributed by atoms with van der Waals surface area (Å²) < 4.78 is 0. The predicted octanol–water partition coefficient (Wildman–Crippen LogP) is 1.14. The van der Waals surface area contributed by atoms with E-state index in [1.807, 2.05) is 30.3 Å². The zero-order chi connectivity index (χ0) is 13.9. The Kier molecular flexibility index (Phi) is 4.00. The van der Waals surface area contributed by atoms with E-state index in [4.69, 9.17) is 5.73 Å². The highest BCUT2D eigenvalue weighted by Gasteiger charge is 2.40. The Morgan fingerprint density at radius 1 is 1.47 bits per heavy atom. The molecule has 0 spiro atoms. The zero-order valence-electron chi connectivity index (χ0n) is 11.2. The summed E-state index contributed by atoms with van der Waals surface area (Å²) in [7, 11) is 0. The maximum atomic E-state index is 12.4. The van der Waals surface area contributed by atoms with Gasteiger partial charge < -0.3 is 15.4 Å². The first-order chi connectivity index (χ1) is 9.07. The largest absolute Gasteiger partial charge is 0.329 e. The van der Waals surface area contributed by atoms with Crippen LogP contribution in [0.2, 0.25) is 0 Å². The van der Waals surface area contributed by atoms with Crippen molar-refractivity contribution in [2.75, 3.05) is 6.54 Å². The van der Waals surface area contributed by atoms with E-state index < -0.39 is 11.6 Å². The lowest BCUT2D eigenvalue weighted by atomic mass is 9.99. The Balaban J connectivity index is 2.05. The lowest BCUT2D eigenvalue weighted by Gasteiger charge is -2.32. The third-order valence-corrected chi connectivity index (χ3v) is 3.82. The molecule has 1 heterocycles. The highest BCUT2D eigenvalue weighted by Crippen LogP contribution is 2.27. The van der Waals surface area contributed by atoms with Gasteiger partial charge in [0, 0.05) is 6.54 Å². The summed E-state index contributed by atoms with van der Waals surface area (Å²) in [5, 5.41) is 0. The van der Waals surface area contributed by atoms with Crippen molar-refractivity contribution >= 4 is 12.2 Å². The Morgan fingerprint density at radius 3 is 2.79 bits per heavy atom. The molecule has 1 amide bonds.